The number of carbonyl (C=O) groups excluding carboxylic acids is 1. The predicted molar refractivity (Wildman–Crippen MR) is 102 cm³/mol. The standard InChI is InChI=1S/C19H19F4N.C3H6O/c1-11(2)13-4-3-5-14-15(9-24-10-16(13)14)12-6-7-17(18(20)8-12)19(21,22)23;1-3(2)4/h6-11,13H,3-5H2,1-2H3;1-2H3/t13-;/m0./s1. The minimum atomic E-state index is -4.68. The number of benzene rings is 1. The Balaban J connectivity index is 0.000000640. The van der Waals surface area contributed by atoms with Gasteiger partial charge in [-0.2, -0.15) is 13.2 Å². The van der Waals surface area contributed by atoms with E-state index in [1.165, 1.54) is 19.9 Å². The molecule has 1 aromatic carbocycles. The quantitative estimate of drug-likeness (QED) is 0.538. The molecule has 0 radical (unpaired) electrons. The van der Waals surface area contributed by atoms with Crippen molar-refractivity contribution in [2.45, 2.75) is 59.1 Å². The zero-order chi connectivity index (χ0) is 21.1. The van der Waals surface area contributed by atoms with E-state index in [9.17, 15) is 22.4 Å². The summed E-state index contributed by atoms with van der Waals surface area (Å²) in [6.07, 6.45) is 1.75. The largest absolute Gasteiger partial charge is 0.419 e. The van der Waals surface area contributed by atoms with Crippen LogP contribution in [0.2, 0.25) is 0 Å². The molecular formula is C22H25F4NO. The van der Waals surface area contributed by atoms with Gasteiger partial charge in [0.1, 0.15) is 11.6 Å². The first kappa shape index (κ1) is 22.1. The van der Waals surface area contributed by atoms with E-state index in [4.69, 9.17) is 0 Å². The average molecular weight is 395 g/mol. The van der Waals surface area contributed by atoms with E-state index in [1.807, 2.05) is 6.20 Å². The summed E-state index contributed by atoms with van der Waals surface area (Å²) in [6, 6.07) is 3.12. The van der Waals surface area contributed by atoms with Crippen molar-refractivity contribution in [1.29, 1.82) is 0 Å². The minimum Gasteiger partial charge on any atom is -0.300 e. The molecule has 1 aliphatic carbocycles. The SMILES string of the molecule is CC(C)=O.CC(C)[C@@H]1CCCc2c(-c3ccc(C(F)(F)F)c(F)c3)cncc21. The molecule has 0 bridgehead atoms. The fourth-order valence-corrected chi connectivity index (χ4v) is 3.61. The molecule has 0 aliphatic heterocycles. The van der Waals surface area contributed by atoms with Crippen molar-refractivity contribution in [3.63, 3.8) is 0 Å². The molecule has 0 amide bonds. The van der Waals surface area contributed by atoms with Gasteiger partial charge in [-0.1, -0.05) is 19.9 Å². The third-order valence-corrected chi connectivity index (χ3v) is 4.82. The summed E-state index contributed by atoms with van der Waals surface area (Å²) in [4.78, 5) is 13.7. The first-order valence-electron chi connectivity index (χ1n) is 9.33. The number of hydrogen-bond donors (Lipinski definition) is 0. The van der Waals surface area contributed by atoms with Gasteiger partial charge in [-0.15, -0.1) is 0 Å². The van der Waals surface area contributed by atoms with Gasteiger partial charge in [0.2, 0.25) is 0 Å². The van der Waals surface area contributed by atoms with E-state index < -0.39 is 17.6 Å². The lowest BCUT2D eigenvalue weighted by Gasteiger charge is -2.29. The van der Waals surface area contributed by atoms with Crippen molar-refractivity contribution < 1.29 is 22.4 Å². The molecule has 3 rings (SSSR count). The number of nitrogens with zero attached hydrogens (tertiary/aromatic N) is 1. The van der Waals surface area contributed by atoms with Crippen molar-refractivity contribution in [3.8, 4) is 11.1 Å². The lowest BCUT2D eigenvalue weighted by molar-refractivity contribution is -0.140. The Morgan fingerprint density at radius 2 is 1.82 bits per heavy atom. The van der Waals surface area contributed by atoms with Gasteiger partial charge in [0.15, 0.2) is 0 Å². The normalized spacial score (nSPS) is 16.2. The van der Waals surface area contributed by atoms with Gasteiger partial charge in [0.25, 0.3) is 0 Å². The van der Waals surface area contributed by atoms with E-state index >= 15 is 0 Å². The van der Waals surface area contributed by atoms with Crippen LogP contribution in [0.25, 0.3) is 11.1 Å². The minimum absolute atomic E-state index is 0.167. The molecule has 1 aromatic heterocycles. The molecular weight excluding hydrogens is 370 g/mol. The highest BCUT2D eigenvalue weighted by Gasteiger charge is 2.34. The lowest BCUT2D eigenvalue weighted by Crippen LogP contribution is -2.16. The van der Waals surface area contributed by atoms with E-state index in [1.54, 1.807) is 6.20 Å². The molecule has 0 fully saturated rings. The fourth-order valence-electron chi connectivity index (χ4n) is 3.61. The van der Waals surface area contributed by atoms with Gasteiger partial charge in [0, 0.05) is 18.0 Å². The highest BCUT2D eigenvalue weighted by atomic mass is 19.4. The van der Waals surface area contributed by atoms with Gasteiger partial charge in [-0.3, -0.25) is 4.98 Å². The summed E-state index contributed by atoms with van der Waals surface area (Å²) in [5.41, 5.74) is 2.20. The number of pyridine rings is 1. The second-order valence-electron chi connectivity index (χ2n) is 7.60. The maximum atomic E-state index is 13.9. The number of rotatable bonds is 2. The number of carbonyl (C=O) groups is 1. The molecule has 0 saturated carbocycles. The van der Waals surface area contributed by atoms with Gasteiger partial charge < -0.3 is 4.79 Å². The van der Waals surface area contributed by atoms with E-state index in [0.717, 1.165) is 48.1 Å². The number of alkyl halides is 3. The number of Topliss-reactive ketones (excluding diaryl/α,β-unsaturated/α-hetero) is 1. The molecule has 2 aromatic rings. The van der Waals surface area contributed by atoms with E-state index in [0.29, 0.717) is 17.4 Å². The molecule has 6 heteroatoms. The van der Waals surface area contributed by atoms with Crippen LogP contribution < -0.4 is 0 Å². The monoisotopic (exact) mass is 395 g/mol. The van der Waals surface area contributed by atoms with Crippen LogP contribution in [-0.2, 0) is 17.4 Å². The molecule has 152 valence electrons. The van der Waals surface area contributed by atoms with Crippen molar-refractivity contribution in [3.05, 3.63) is 53.1 Å². The van der Waals surface area contributed by atoms with Crippen molar-refractivity contribution in [1.82, 2.24) is 4.98 Å². The zero-order valence-corrected chi connectivity index (χ0v) is 16.5. The third kappa shape index (κ3) is 5.18. The first-order chi connectivity index (χ1) is 13.0. The Hall–Kier alpha value is -2.24. The number of fused-ring (bicyclic) bond motifs is 1. The summed E-state index contributed by atoms with van der Waals surface area (Å²) in [7, 11) is 0. The predicted octanol–water partition coefficient (Wildman–Crippen LogP) is 6.58. The molecule has 0 saturated heterocycles. The Morgan fingerprint density at radius 1 is 1.18 bits per heavy atom. The van der Waals surface area contributed by atoms with Crippen molar-refractivity contribution >= 4 is 5.78 Å². The Bertz CT molecular complexity index is 839. The first-order valence-corrected chi connectivity index (χ1v) is 9.33. The third-order valence-electron chi connectivity index (χ3n) is 4.82. The highest BCUT2D eigenvalue weighted by Crippen LogP contribution is 2.41. The lowest BCUT2D eigenvalue weighted by atomic mass is 9.76. The Labute approximate surface area is 163 Å². The molecule has 0 spiro atoms. The molecule has 1 heterocycles. The summed E-state index contributed by atoms with van der Waals surface area (Å²) in [5, 5.41) is 0. The molecule has 1 atom stereocenters. The summed E-state index contributed by atoms with van der Waals surface area (Å²) in [6.45, 7) is 7.37. The van der Waals surface area contributed by atoms with E-state index in [2.05, 4.69) is 18.8 Å². The number of halogens is 4. The fraction of sp³-hybridized carbons (Fsp3) is 0.455. The molecule has 28 heavy (non-hydrogen) atoms. The summed E-state index contributed by atoms with van der Waals surface area (Å²) >= 11 is 0. The van der Waals surface area contributed by atoms with Crippen LogP contribution in [-0.4, -0.2) is 10.8 Å². The van der Waals surface area contributed by atoms with Gasteiger partial charge in [-0.05, 0) is 73.8 Å². The zero-order valence-electron chi connectivity index (χ0n) is 16.5. The number of hydrogen-bond acceptors (Lipinski definition) is 2. The molecule has 2 nitrogen and oxygen atoms in total. The maximum absolute atomic E-state index is 13.9. The van der Waals surface area contributed by atoms with Crippen LogP contribution in [0.4, 0.5) is 17.6 Å². The van der Waals surface area contributed by atoms with Crippen LogP contribution in [0.5, 0.6) is 0 Å². The Morgan fingerprint density at radius 3 is 2.36 bits per heavy atom. The second kappa shape index (κ2) is 8.84. The smallest absolute Gasteiger partial charge is 0.300 e. The highest BCUT2D eigenvalue weighted by molar-refractivity contribution is 5.72. The molecule has 1 aliphatic rings. The number of ketones is 1. The van der Waals surface area contributed by atoms with Gasteiger partial charge in [-0.25, -0.2) is 4.39 Å². The summed E-state index contributed by atoms with van der Waals surface area (Å²) < 4.78 is 52.2. The molecule has 0 N–H and O–H groups in total. The van der Waals surface area contributed by atoms with Crippen LogP contribution in [0.1, 0.15) is 63.1 Å². The molecule has 0 unspecified atom stereocenters. The van der Waals surface area contributed by atoms with Gasteiger partial charge >= 0.3 is 6.18 Å². The van der Waals surface area contributed by atoms with Crippen molar-refractivity contribution in [2.75, 3.05) is 0 Å². The van der Waals surface area contributed by atoms with Crippen LogP contribution >= 0.6 is 0 Å². The summed E-state index contributed by atoms with van der Waals surface area (Å²) in [5.74, 6) is -0.222. The number of aromatic nitrogens is 1. The Kier molecular flexibility index (Phi) is 6.96. The average Bonchev–Trinajstić information content (AvgIpc) is 2.58. The van der Waals surface area contributed by atoms with Gasteiger partial charge in [0.05, 0.1) is 5.56 Å². The maximum Gasteiger partial charge on any atom is 0.419 e. The van der Waals surface area contributed by atoms with Crippen molar-refractivity contribution in [2.24, 2.45) is 5.92 Å². The topological polar surface area (TPSA) is 30.0 Å². The second-order valence-corrected chi connectivity index (χ2v) is 7.60. The van der Waals surface area contributed by atoms with E-state index in [-0.39, 0.29) is 5.78 Å². The van der Waals surface area contributed by atoms with Crippen LogP contribution in [0, 0.1) is 11.7 Å². The van der Waals surface area contributed by atoms with Crippen LogP contribution in [0.3, 0.4) is 0 Å². The van der Waals surface area contributed by atoms with Crippen LogP contribution in [0.15, 0.2) is 30.6 Å².